The van der Waals surface area contributed by atoms with Gasteiger partial charge in [0.2, 0.25) is 0 Å². The van der Waals surface area contributed by atoms with E-state index in [1.165, 1.54) is 0 Å². The average molecular weight is 424 g/mol. The van der Waals surface area contributed by atoms with Crippen molar-refractivity contribution in [1.82, 2.24) is 9.88 Å². The quantitative estimate of drug-likeness (QED) is 0.645. The highest BCUT2D eigenvalue weighted by atomic mass is 35.5. The van der Waals surface area contributed by atoms with Crippen molar-refractivity contribution >= 4 is 34.1 Å². The van der Waals surface area contributed by atoms with Crippen LogP contribution in [0.4, 0.5) is 5.69 Å². The highest BCUT2D eigenvalue weighted by molar-refractivity contribution is 6.32. The van der Waals surface area contributed by atoms with Crippen molar-refractivity contribution in [3.8, 4) is 5.75 Å². The summed E-state index contributed by atoms with van der Waals surface area (Å²) in [5.41, 5.74) is 2.78. The number of para-hydroxylation sites is 2. The third-order valence-electron chi connectivity index (χ3n) is 5.63. The first-order valence-electron chi connectivity index (χ1n) is 10.1. The number of nitrogens with zero attached hydrogens (tertiary/aromatic N) is 3. The van der Waals surface area contributed by atoms with Crippen LogP contribution in [0.15, 0.2) is 54.7 Å². The summed E-state index contributed by atoms with van der Waals surface area (Å²) in [4.78, 5) is 21.7. The van der Waals surface area contributed by atoms with E-state index in [4.69, 9.17) is 21.1 Å². The lowest BCUT2D eigenvalue weighted by atomic mass is 10.1. The summed E-state index contributed by atoms with van der Waals surface area (Å²) in [6.07, 6.45) is 1.21. The number of hydrogen-bond acceptors (Lipinski definition) is 5. The molecular formula is C23H22ClN3O3. The van der Waals surface area contributed by atoms with Gasteiger partial charge in [0.25, 0.3) is 5.91 Å². The van der Waals surface area contributed by atoms with E-state index in [-0.39, 0.29) is 5.91 Å². The summed E-state index contributed by atoms with van der Waals surface area (Å²) >= 11 is 6.58. The van der Waals surface area contributed by atoms with Crippen LogP contribution in [-0.4, -0.2) is 54.7 Å². The number of ether oxygens (including phenoxy) is 2. The molecule has 0 aliphatic carbocycles. The molecule has 0 spiro atoms. The molecular weight excluding hydrogens is 402 g/mol. The maximum atomic E-state index is 13.1. The average Bonchev–Trinajstić information content (AvgIpc) is 2.81. The second-order valence-electron chi connectivity index (χ2n) is 7.49. The molecule has 30 heavy (non-hydrogen) atoms. The molecule has 0 bridgehead atoms. The molecule has 154 valence electrons. The number of benzene rings is 2. The molecule has 7 heteroatoms. The first-order valence-corrected chi connectivity index (χ1v) is 10.5. The number of amides is 1. The summed E-state index contributed by atoms with van der Waals surface area (Å²) in [5, 5.41) is 1.71. The molecule has 3 aromatic rings. The normalized spacial score (nSPS) is 18.8. The van der Waals surface area contributed by atoms with Crippen molar-refractivity contribution < 1.29 is 14.3 Å². The zero-order valence-electron chi connectivity index (χ0n) is 16.5. The van der Waals surface area contributed by atoms with Crippen LogP contribution in [0.25, 0.3) is 10.9 Å². The number of anilines is 1. The number of pyridine rings is 1. The standard InChI is InChI=1S/C23H22ClN3O3/c24-18-8-7-16-4-3-9-25-22(16)17(18)14-27-15-21(23(28)26-10-12-29-13-11-26)30-20-6-2-1-5-19(20)27/h1-9,21H,10-15H2. The van der Waals surface area contributed by atoms with Crippen molar-refractivity contribution in [2.75, 3.05) is 37.7 Å². The Bertz CT molecular complexity index is 1080. The van der Waals surface area contributed by atoms with E-state index in [2.05, 4.69) is 9.88 Å². The zero-order valence-corrected chi connectivity index (χ0v) is 17.2. The smallest absolute Gasteiger partial charge is 0.265 e. The van der Waals surface area contributed by atoms with Crippen LogP contribution in [-0.2, 0) is 16.1 Å². The molecule has 0 radical (unpaired) electrons. The van der Waals surface area contributed by atoms with E-state index in [0.29, 0.717) is 50.2 Å². The van der Waals surface area contributed by atoms with Gasteiger partial charge in [-0.15, -0.1) is 0 Å². The largest absolute Gasteiger partial charge is 0.477 e. The van der Waals surface area contributed by atoms with Gasteiger partial charge in [-0.1, -0.05) is 35.9 Å². The van der Waals surface area contributed by atoms with Crippen LogP contribution in [0.3, 0.4) is 0 Å². The van der Waals surface area contributed by atoms with E-state index in [0.717, 1.165) is 22.2 Å². The number of aromatic nitrogens is 1. The van der Waals surface area contributed by atoms with Crippen LogP contribution in [0.5, 0.6) is 5.75 Å². The molecule has 1 fully saturated rings. The lowest BCUT2D eigenvalue weighted by molar-refractivity contribution is -0.142. The minimum atomic E-state index is -0.570. The second kappa shape index (κ2) is 8.13. The fraction of sp³-hybridized carbons (Fsp3) is 0.304. The fourth-order valence-electron chi connectivity index (χ4n) is 4.10. The molecule has 1 unspecified atom stereocenters. The van der Waals surface area contributed by atoms with Gasteiger partial charge in [-0.25, -0.2) is 0 Å². The Kier molecular flexibility index (Phi) is 5.19. The van der Waals surface area contributed by atoms with Gasteiger partial charge in [0.05, 0.1) is 31.0 Å². The predicted octanol–water partition coefficient (Wildman–Crippen LogP) is 3.51. The van der Waals surface area contributed by atoms with Gasteiger partial charge in [0, 0.05) is 41.8 Å². The summed E-state index contributed by atoms with van der Waals surface area (Å²) < 4.78 is 11.5. The highest BCUT2D eigenvalue weighted by Crippen LogP contribution is 2.36. The topological polar surface area (TPSA) is 54.9 Å². The molecule has 2 aliphatic rings. The maximum absolute atomic E-state index is 13.1. The zero-order chi connectivity index (χ0) is 20.5. The molecule has 6 nitrogen and oxygen atoms in total. The van der Waals surface area contributed by atoms with Gasteiger partial charge in [0.15, 0.2) is 6.10 Å². The SMILES string of the molecule is O=C(C1CN(Cc2c(Cl)ccc3cccnc23)c2ccccc2O1)N1CCOCC1. The van der Waals surface area contributed by atoms with Crippen molar-refractivity contribution in [2.45, 2.75) is 12.6 Å². The first-order chi connectivity index (χ1) is 14.7. The molecule has 2 aliphatic heterocycles. The van der Waals surface area contributed by atoms with Crippen LogP contribution < -0.4 is 9.64 Å². The fourth-order valence-corrected chi connectivity index (χ4v) is 4.31. The summed E-state index contributed by atoms with van der Waals surface area (Å²) in [6, 6.07) is 15.6. The van der Waals surface area contributed by atoms with Gasteiger partial charge >= 0.3 is 0 Å². The number of carbonyl (C=O) groups excluding carboxylic acids is 1. The third-order valence-corrected chi connectivity index (χ3v) is 5.98. The lowest BCUT2D eigenvalue weighted by Crippen LogP contribution is -2.52. The minimum absolute atomic E-state index is 0.0000512. The third kappa shape index (κ3) is 3.57. The van der Waals surface area contributed by atoms with E-state index >= 15 is 0 Å². The molecule has 2 aromatic carbocycles. The van der Waals surface area contributed by atoms with Gasteiger partial charge in [0.1, 0.15) is 5.75 Å². The van der Waals surface area contributed by atoms with Gasteiger partial charge < -0.3 is 19.3 Å². The number of hydrogen-bond donors (Lipinski definition) is 0. The molecule has 0 N–H and O–H groups in total. The number of halogens is 1. The van der Waals surface area contributed by atoms with Crippen LogP contribution >= 0.6 is 11.6 Å². The van der Waals surface area contributed by atoms with E-state index in [9.17, 15) is 4.79 Å². The van der Waals surface area contributed by atoms with Crippen molar-refractivity contribution in [3.05, 3.63) is 65.3 Å². The Morgan fingerprint density at radius 1 is 1.10 bits per heavy atom. The highest BCUT2D eigenvalue weighted by Gasteiger charge is 2.34. The predicted molar refractivity (Wildman–Crippen MR) is 116 cm³/mol. The minimum Gasteiger partial charge on any atom is -0.477 e. The number of rotatable bonds is 3. The molecule has 3 heterocycles. The Morgan fingerprint density at radius 3 is 2.80 bits per heavy atom. The number of carbonyl (C=O) groups is 1. The van der Waals surface area contributed by atoms with Gasteiger partial charge in [-0.05, 0) is 24.3 Å². The molecule has 1 atom stereocenters. The second-order valence-corrected chi connectivity index (χ2v) is 7.90. The van der Waals surface area contributed by atoms with Gasteiger partial charge in [-0.3, -0.25) is 9.78 Å². The van der Waals surface area contributed by atoms with E-state index in [1.54, 1.807) is 6.20 Å². The van der Waals surface area contributed by atoms with Crippen LogP contribution in [0.2, 0.25) is 5.02 Å². The monoisotopic (exact) mass is 423 g/mol. The van der Waals surface area contributed by atoms with Crippen LogP contribution in [0.1, 0.15) is 5.56 Å². The summed E-state index contributed by atoms with van der Waals surface area (Å²) in [6.45, 7) is 3.32. The maximum Gasteiger partial charge on any atom is 0.265 e. The Morgan fingerprint density at radius 2 is 1.93 bits per heavy atom. The first kappa shape index (κ1) is 19.2. The summed E-state index contributed by atoms with van der Waals surface area (Å²) in [5.74, 6) is 0.708. The van der Waals surface area contributed by atoms with Crippen molar-refractivity contribution in [3.63, 3.8) is 0 Å². The molecule has 1 amide bonds. The Hall–Kier alpha value is -2.83. The Balaban J connectivity index is 1.48. The molecule has 1 saturated heterocycles. The molecule has 5 rings (SSSR count). The number of morpholine rings is 1. The van der Waals surface area contributed by atoms with Crippen LogP contribution in [0, 0.1) is 0 Å². The van der Waals surface area contributed by atoms with Crippen molar-refractivity contribution in [2.24, 2.45) is 0 Å². The molecule has 1 aromatic heterocycles. The van der Waals surface area contributed by atoms with E-state index < -0.39 is 6.10 Å². The number of fused-ring (bicyclic) bond motifs is 2. The Labute approximate surface area is 180 Å². The lowest BCUT2D eigenvalue weighted by Gasteiger charge is -2.38. The van der Waals surface area contributed by atoms with E-state index in [1.807, 2.05) is 53.4 Å². The summed E-state index contributed by atoms with van der Waals surface area (Å²) in [7, 11) is 0. The van der Waals surface area contributed by atoms with Crippen molar-refractivity contribution in [1.29, 1.82) is 0 Å². The molecule has 0 saturated carbocycles. The van der Waals surface area contributed by atoms with Gasteiger partial charge in [-0.2, -0.15) is 0 Å².